The third kappa shape index (κ3) is 5.32. The standard InChI is InChI=1S/C20H28ClN3O5S/c1-14-12-24(13-15(2)29-14)30(27,28)18-11-16(5-6-17(18)21)20(26)22-8-7-19(25)23-9-3-4-10-23/h5-6,11,14-15H,3-4,7-10,12-13H2,1-2H3,(H,22,26)/t14-,15-/m1/s1. The van der Waals surface area contributed by atoms with E-state index in [-0.39, 0.29) is 59.7 Å². The highest BCUT2D eigenvalue weighted by atomic mass is 35.5. The van der Waals surface area contributed by atoms with E-state index in [0.29, 0.717) is 0 Å². The molecule has 166 valence electrons. The number of nitrogens with one attached hydrogen (secondary N) is 1. The van der Waals surface area contributed by atoms with Gasteiger partial charge in [-0.1, -0.05) is 11.6 Å². The minimum Gasteiger partial charge on any atom is -0.373 e. The van der Waals surface area contributed by atoms with Crippen LogP contribution in [0.5, 0.6) is 0 Å². The van der Waals surface area contributed by atoms with E-state index in [4.69, 9.17) is 16.3 Å². The number of halogens is 1. The van der Waals surface area contributed by atoms with Gasteiger partial charge in [-0.2, -0.15) is 4.31 Å². The molecule has 2 atom stereocenters. The van der Waals surface area contributed by atoms with Crippen LogP contribution in [0.2, 0.25) is 5.02 Å². The van der Waals surface area contributed by atoms with Crippen LogP contribution in [0.1, 0.15) is 43.5 Å². The highest BCUT2D eigenvalue weighted by molar-refractivity contribution is 7.89. The van der Waals surface area contributed by atoms with Gasteiger partial charge in [-0.3, -0.25) is 9.59 Å². The van der Waals surface area contributed by atoms with Crippen LogP contribution < -0.4 is 5.32 Å². The number of nitrogens with zero attached hydrogens (tertiary/aromatic N) is 2. The van der Waals surface area contributed by atoms with E-state index in [1.54, 1.807) is 4.90 Å². The predicted octanol–water partition coefficient (Wildman–Crippen LogP) is 1.88. The van der Waals surface area contributed by atoms with Crippen molar-refractivity contribution in [3.8, 4) is 0 Å². The molecular formula is C20H28ClN3O5S. The Balaban J connectivity index is 1.68. The van der Waals surface area contributed by atoms with Crippen LogP contribution in [0, 0.1) is 0 Å². The molecule has 2 fully saturated rings. The van der Waals surface area contributed by atoms with Crippen molar-refractivity contribution in [2.24, 2.45) is 0 Å². The Hall–Kier alpha value is -1.68. The van der Waals surface area contributed by atoms with Gasteiger partial charge in [0.25, 0.3) is 5.91 Å². The third-order valence-electron chi connectivity index (χ3n) is 5.28. The van der Waals surface area contributed by atoms with Gasteiger partial charge in [-0.25, -0.2) is 8.42 Å². The number of rotatable bonds is 6. The Labute approximate surface area is 182 Å². The van der Waals surface area contributed by atoms with E-state index < -0.39 is 15.9 Å². The molecule has 2 aliphatic rings. The quantitative estimate of drug-likeness (QED) is 0.703. The van der Waals surface area contributed by atoms with Crippen molar-refractivity contribution in [3.63, 3.8) is 0 Å². The Morgan fingerprint density at radius 2 is 1.80 bits per heavy atom. The first-order valence-corrected chi connectivity index (χ1v) is 12.0. The van der Waals surface area contributed by atoms with Crippen LogP contribution in [0.3, 0.4) is 0 Å². The number of ether oxygens (including phenoxy) is 1. The molecule has 1 aromatic rings. The van der Waals surface area contributed by atoms with Crippen molar-refractivity contribution in [2.75, 3.05) is 32.7 Å². The summed E-state index contributed by atoms with van der Waals surface area (Å²) < 4.78 is 33.2. The zero-order valence-electron chi connectivity index (χ0n) is 17.3. The first-order chi connectivity index (χ1) is 14.2. The maximum Gasteiger partial charge on any atom is 0.251 e. The summed E-state index contributed by atoms with van der Waals surface area (Å²) >= 11 is 6.18. The topological polar surface area (TPSA) is 96.0 Å². The van der Waals surface area contributed by atoms with Gasteiger partial charge in [-0.05, 0) is 44.9 Å². The van der Waals surface area contributed by atoms with Crippen molar-refractivity contribution >= 4 is 33.4 Å². The van der Waals surface area contributed by atoms with Gasteiger partial charge in [0.05, 0.1) is 17.2 Å². The SMILES string of the molecule is C[C@@H]1CN(S(=O)(=O)c2cc(C(=O)NCCC(=O)N3CCCC3)ccc2Cl)C[C@@H](C)O1. The molecule has 3 rings (SSSR count). The minimum absolute atomic E-state index is 0.0164. The first-order valence-electron chi connectivity index (χ1n) is 10.2. The van der Waals surface area contributed by atoms with E-state index >= 15 is 0 Å². The number of amides is 2. The van der Waals surface area contributed by atoms with Gasteiger partial charge in [0.15, 0.2) is 0 Å². The minimum atomic E-state index is -3.88. The molecule has 8 nitrogen and oxygen atoms in total. The summed E-state index contributed by atoms with van der Waals surface area (Å²) in [5, 5.41) is 2.75. The van der Waals surface area contributed by atoms with Gasteiger partial charge in [0, 0.05) is 44.7 Å². The molecule has 2 heterocycles. The Bertz CT molecular complexity index is 892. The number of sulfonamides is 1. The van der Waals surface area contributed by atoms with Crippen LogP contribution >= 0.6 is 11.6 Å². The second-order valence-electron chi connectivity index (χ2n) is 7.82. The highest BCUT2D eigenvalue weighted by Gasteiger charge is 2.34. The van der Waals surface area contributed by atoms with Crippen LogP contribution in [-0.4, -0.2) is 74.4 Å². The van der Waals surface area contributed by atoms with Crippen LogP contribution in [0.25, 0.3) is 0 Å². The fourth-order valence-corrected chi connectivity index (χ4v) is 5.91. The Morgan fingerprint density at radius 3 is 2.43 bits per heavy atom. The molecule has 10 heteroatoms. The molecule has 0 bridgehead atoms. The molecular weight excluding hydrogens is 430 g/mol. The summed E-state index contributed by atoms with van der Waals surface area (Å²) in [7, 11) is -3.88. The van der Waals surface area contributed by atoms with Gasteiger partial charge in [-0.15, -0.1) is 0 Å². The number of benzene rings is 1. The van der Waals surface area contributed by atoms with E-state index in [1.165, 1.54) is 22.5 Å². The molecule has 1 aromatic carbocycles. The Morgan fingerprint density at radius 1 is 1.17 bits per heavy atom. The second-order valence-corrected chi connectivity index (χ2v) is 10.1. The van der Waals surface area contributed by atoms with Gasteiger partial charge in [0.2, 0.25) is 15.9 Å². The lowest BCUT2D eigenvalue weighted by atomic mass is 10.2. The fraction of sp³-hybridized carbons (Fsp3) is 0.600. The average Bonchev–Trinajstić information content (AvgIpc) is 3.22. The highest BCUT2D eigenvalue weighted by Crippen LogP contribution is 2.28. The molecule has 0 radical (unpaired) electrons. The number of likely N-dealkylation sites (tertiary alicyclic amines) is 1. The van der Waals surface area contributed by atoms with Gasteiger partial charge in [0.1, 0.15) is 4.90 Å². The van der Waals surface area contributed by atoms with Crippen molar-refractivity contribution in [3.05, 3.63) is 28.8 Å². The van der Waals surface area contributed by atoms with Crippen LogP contribution in [0.4, 0.5) is 0 Å². The molecule has 0 aromatic heterocycles. The largest absolute Gasteiger partial charge is 0.373 e. The van der Waals surface area contributed by atoms with E-state index in [2.05, 4.69) is 5.32 Å². The summed E-state index contributed by atoms with van der Waals surface area (Å²) in [6.45, 7) is 5.79. The average molecular weight is 458 g/mol. The zero-order chi connectivity index (χ0) is 21.9. The zero-order valence-corrected chi connectivity index (χ0v) is 18.8. The molecule has 0 spiro atoms. The predicted molar refractivity (Wildman–Crippen MR) is 113 cm³/mol. The fourth-order valence-electron chi connectivity index (χ4n) is 3.82. The smallest absolute Gasteiger partial charge is 0.251 e. The monoisotopic (exact) mass is 457 g/mol. The molecule has 2 aliphatic heterocycles. The summed E-state index contributed by atoms with van der Waals surface area (Å²) in [5.41, 5.74) is 0.181. The lowest BCUT2D eigenvalue weighted by Crippen LogP contribution is -2.48. The van der Waals surface area contributed by atoms with Crippen LogP contribution in [0.15, 0.2) is 23.1 Å². The molecule has 30 heavy (non-hydrogen) atoms. The first kappa shape index (κ1) is 23.0. The molecule has 0 unspecified atom stereocenters. The molecule has 2 amide bonds. The van der Waals surface area contributed by atoms with E-state index in [0.717, 1.165) is 25.9 Å². The summed E-state index contributed by atoms with van der Waals surface area (Å²) in [6.07, 6.45) is 1.78. The number of carbonyl (C=O) groups excluding carboxylic acids is 2. The van der Waals surface area contributed by atoms with Crippen molar-refractivity contribution < 1.29 is 22.7 Å². The maximum atomic E-state index is 13.1. The number of morpholine rings is 1. The van der Waals surface area contributed by atoms with Crippen molar-refractivity contribution in [1.82, 2.24) is 14.5 Å². The van der Waals surface area contributed by atoms with Crippen molar-refractivity contribution in [1.29, 1.82) is 0 Å². The Kier molecular flexibility index (Phi) is 7.38. The molecule has 0 saturated carbocycles. The van der Waals surface area contributed by atoms with Crippen LogP contribution in [-0.2, 0) is 19.6 Å². The van der Waals surface area contributed by atoms with Crippen molar-refractivity contribution in [2.45, 2.75) is 50.2 Å². The molecule has 0 aliphatic carbocycles. The number of carbonyl (C=O) groups is 2. The third-order valence-corrected chi connectivity index (χ3v) is 7.59. The molecule has 2 saturated heterocycles. The normalized spacial score (nSPS) is 22.8. The lowest BCUT2D eigenvalue weighted by Gasteiger charge is -2.34. The number of hydrogen-bond acceptors (Lipinski definition) is 5. The molecule has 1 N–H and O–H groups in total. The lowest BCUT2D eigenvalue weighted by molar-refractivity contribution is -0.129. The summed E-state index contributed by atoms with van der Waals surface area (Å²) in [4.78, 5) is 26.3. The van der Waals surface area contributed by atoms with Gasteiger partial charge >= 0.3 is 0 Å². The van der Waals surface area contributed by atoms with E-state index in [9.17, 15) is 18.0 Å². The summed E-state index contributed by atoms with van der Waals surface area (Å²) in [5.74, 6) is -0.427. The van der Waals surface area contributed by atoms with Gasteiger partial charge < -0.3 is 15.0 Å². The summed E-state index contributed by atoms with van der Waals surface area (Å²) in [6, 6.07) is 4.18. The number of hydrogen-bond donors (Lipinski definition) is 1. The second kappa shape index (κ2) is 9.64. The van der Waals surface area contributed by atoms with E-state index in [1.807, 2.05) is 13.8 Å². The maximum absolute atomic E-state index is 13.1.